The van der Waals surface area contributed by atoms with Crippen LogP contribution in [0.1, 0.15) is 24.5 Å². The Bertz CT molecular complexity index is 648. The molecular formula is C19H24N2O2. The van der Waals surface area contributed by atoms with Crippen LogP contribution in [0.2, 0.25) is 0 Å². The van der Waals surface area contributed by atoms with E-state index in [1.165, 1.54) is 11.1 Å². The standard InChI is InChI=1S/C19H24N2O2/c1-4-8-23-18-7-5-6-16(12-18)21-19(22)13-20-17-10-14(2)9-15(3)11-17/h5-7,9-12,20H,4,8,13H2,1-3H3,(H,21,22). The quantitative estimate of drug-likeness (QED) is 0.808. The summed E-state index contributed by atoms with van der Waals surface area (Å²) in [6.45, 7) is 7.04. The van der Waals surface area contributed by atoms with E-state index in [2.05, 4.69) is 23.6 Å². The fourth-order valence-corrected chi connectivity index (χ4v) is 2.35. The summed E-state index contributed by atoms with van der Waals surface area (Å²) in [5, 5.41) is 6.03. The van der Waals surface area contributed by atoms with E-state index in [9.17, 15) is 4.79 Å². The van der Waals surface area contributed by atoms with Crippen molar-refractivity contribution in [3.8, 4) is 5.75 Å². The van der Waals surface area contributed by atoms with E-state index in [1.807, 2.05) is 50.2 Å². The number of carbonyl (C=O) groups is 1. The molecule has 0 spiro atoms. The highest BCUT2D eigenvalue weighted by atomic mass is 16.5. The lowest BCUT2D eigenvalue weighted by molar-refractivity contribution is -0.114. The second-order valence-electron chi connectivity index (χ2n) is 5.65. The first-order chi connectivity index (χ1) is 11.1. The third-order valence-electron chi connectivity index (χ3n) is 3.27. The molecule has 0 bridgehead atoms. The Balaban J connectivity index is 1.89. The summed E-state index contributed by atoms with van der Waals surface area (Å²) < 4.78 is 5.57. The van der Waals surface area contributed by atoms with Gasteiger partial charge in [0, 0.05) is 17.4 Å². The summed E-state index contributed by atoms with van der Waals surface area (Å²) in [5.74, 6) is 0.684. The van der Waals surface area contributed by atoms with Crippen molar-refractivity contribution in [3.63, 3.8) is 0 Å². The van der Waals surface area contributed by atoms with E-state index in [-0.39, 0.29) is 12.5 Å². The largest absolute Gasteiger partial charge is 0.494 e. The molecular weight excluding hydrogens is 288 g/mol. The predicted molar refractivity (Wildman–Crippen MR) is 95.3 cm³/mol. The molecule has 2 aromatic carbocycles. The third kappa shape index (κ3) is 5.66. The highest BCUT2D eigenvalue weighted by molar-refractivity contribution is 5.93. The monoisotopic (exact) mass is 312 g/mol. The van der Waals surface area contributed by atoms with E-state index >= 15 is 0 Å². The van der Waals surface area contributed by atoms with E-state index in [0.29, 0.717) is 6.61 Å². The fraction of sp³-hybridized carbons (Fsp3) is 0.316. The molecule has 2 N–H and O–H groups in total. The number of aryl methyl sites for hydroxylation is 2. The van der Waals surface area contributed by atoms with Gasteiger partial charge in [0.05, 0.1) is 13.2 Å². The Morgan fingerprint density at radius 3 is 2.48 bits per heavy atom. The summed E-state index contributed by atoms with van der Waals surface area (Å²) in [6.07, 6.45) is 0.955. The van der Waals surface area contributed by atoms with E-state index < -0.39 is 0 Å². The average Bonchev–Trinajstić information content (AvgIpc) is 2.50. The van der Waals surface area contributed by atoms with Gasteiger partial charge in [-0.1, -0.05) is 19.1 Å². The second kappa shape index (κ2) is 8.22. The van der Waals surface area contributed by atoms with Crippen LogP contribution in [0.5, 0.6) is 5.75 Å². The molecule has 0 saturated carbocycles. The topological polar surface area (TPSA) is 50.4 Å². The van der Waals surface area contributed by atoms with Gasteiger partial charge in [0.15, 0.2) is 0 Å². The van der Waals surface area contributed by atoms with Gasteiger partial charge in [-0.05, 0) is 55.7 Å². The molecule has 0 aliphatic carbocycles. The van der Waals surface area contributed by atoms with Gasteiger partial charge in [0.25, 0.3) is 0 Å². The molecule has 1 amide bonds. The van der Waals surface area contributed by atoms with Crippen molar-refractivity contribution >= 4 is 17.3 Å². The average molecular weight is 312 g/mol. The van der Waals surface area contributed by atoms with Gasteiger partial charge in [-0.2, -0.15) is 0 Å². The van der Waals surface area contributed by atoms with Gasteiger partial charge < -0.3 is 15.4 Å². The van der Waals surface area contributed by atoms with Gasteiger partial charge in [-0.3, -0.25) is 4.79 Å². The molecule has 0 fully saturated rings. The lowest BCUT2D eigenvalue weighted by atomic mass is 10.1. The number of nitrogens with one attached hydrogen (secondary N) is 2. The molecule has 0 aliphatic rings. The van der Waals surface area contributed by atoms with Crippen molar-refractivity contribution in [2.75, 3.05) is 23.8 Å². The molecule has 122 valence electrons. The predicted octanol–water partition coefficient (Wildman–Crippen LogP) is 4.14. The van der Waals surface area contributed by atoms with E-state index in [1.54, 1.807) is 0 Å². The van der Waals surface area contributed by atoms with Gasteiger partial charge in [-0.25, -0.2) is 0 Å². The molecule has 0 saturated heterocycles. The van der Waals surface area contributed by atoms with Gasteiger partial charge >= 0.3 is 0 Å². The maximum atomic E-state index is 12.1. The number of hydrogen-bond donors (Lipinski definition) is 2. The Morgan fingerprint density at radius 2 is 1.78 bits per heavy atom. The molecule has 4 heteroatoms. The minimum Gasteiger partial charge on any atom is -0.494 e. The summed E-state index contributed by atoms with van der Waals surface area (Å²) in [7, 11) is 0. The normalized spacial score (nSPS) is 10.2. The summed E-state index contributed by atoms with van der Waals surface area (Å²) in [4.78, 5) is 12.1. The number of amides is 1. The van der Waals surface area contributed by atoms with E-state index in [0.717, 1.165) is 23.5 Å². The minimum absolute atomic E-state index is 0.0863. The van der Waals surface area contributed by atoms with Crippen LogP contribution in [0.25, 0.3) is 0 Å². The number of ether oxygens (including phenoxy) is 1. The van der Waals surface area contributed by atoms with Gasteiger partial charge in [0.2, 0.25) is 5.91 Å². The lowest BCUT2D eigenvalue weighted by Gasteiger charge is -2.10. The Hall–Kier alpha value is -2.49. The summed E-state index contributed by atoms with van der Waals surface area (Å²) >= 11 is 0. The number of rotatable bonds is 7. The van der Waals surface area contributed by atoms with Crippen LogP contribution >= 0.6 is 0 Å². The minimum atomic E-state index is -0.0863. The smallest absolute Gasteiger partial charge is 0.243 e. The van der Waals surface area contributed by atoms with Crippen molar-refractivity contribution in [1.82, 2.24) is 0 Å². The SMILES string of the molecule is CCCOc1cccc(NC(=O)CNc2cc(C)cc(C)c2)c1. The number of benzene rings is 2. The molecule has 0 aromatic heterocycles. The first kappa shape index (κ1) is 16.9. The molecule has 2 rings (SSSR count). The molecule has 4 nitrogen and oxygen atoms in total. The van der Waals surface area contributed by atoms with Crippen LogP contribution < -0.4 is 15.4 Å². The van der Waals surface area contributed by atoms with Gasteiger partial charge in [-0.15, -0.1) is 0 Å². The Kier molecular flexibility index (Phi) is 6.03. The van der Waals surface area contributed by atoms with Crippen molar-refractivity contribution in [1.29, 1.82) is 0 Å². The van der Waals surface area contributed by atoms with Crippen LogP contribution in [0.15, 0.2) is 42.5 Å². The van der Waals surface area contributed by atoms with Crippen LogP contribution in [-0.4, -0.2) is 19.1 Å². The number of anilines is 2. The van der Waals surface area contributed by atoms with Crippen molar-refractivity contribution in [2.24, 2.45) is 0 Å². The highest BCUT2D eigenvalue weighted by Gasteiger charge is 2.04. The van der Waals surface area contributed by atoms with Crippen LogP contribution in [0.4, 0.5) is 11.4 Å². The van der Waals surface area contributed by atoms with Crippen LogP contribution in [0, 0.1) is 13.8 Å². The molecule has 0 aliphatic heterocycles. The van der Waals surface area contributed by atoms with E-state index in [4.69, 9.17) is 4.74 Å². The highest BCUT2D eigenvalue weighted by Crippen LogP contribution is 2.18. The van der Waals surface area contributed by atoms with Crippen molar-refractivity contribution in [3.05, 3.63) is 53.6 Å². The van der Waals surface area contributed by atoms with Crippen LogP contribution in [0.3, 0.4) is 0 Å². The zero-order valence-electron chi connectivity index (χ0n) is 14.0. The Labute approximate surface area is 137 Å². The second-order valence-corrected chi connectivity index (χ2v) is 5.65. The first-order valence-electron chi connectivity index (χ1n) is 7.91. The summed E-state index contributed by atoms with van der Waals surface area (Å²) in [6, 6.07) is 13.6. The third-order valence-corrected chi connectivity index (χ3v) is 3.27. The van der Waals surface area contributed by atoms with Gasteiger partial charge in [0.1, 0.15) is 5.75 Å². The fourth-order valence-electron chi connectivity index (χ4n) is 2.35. The maximum Gasteiger partial charge on any atom is 0.243 e. The van der Waals surface area contributed by atoms with Crippen LogP contribution in [-0.2, 0) is 4.79 Å². The molecule has 23 heavy (non-hydrogen) atoms. The lowest BCUT2D eigenvalue weighted by Crippen LogP contribution is -2.21. The first-order valence-corrected chi connectivity index (χ1v) is 7.91. The number of hydrogen-bond acceptors (Lipinski definition) is 3. The number of carbonyl (C=O) groups excluding carboxylic acids is 1. The molecule has 0 heterocycles. The maximum absolute atomic E-state index is 12.1. The van der Waals surface area contributed by atoms with Crippen molar-refractivity contribution < 1.29 is 9.53 Å². The molecule has 0 atom stereocenters. The molecule has 0 radical (unpaired) electrons. The molecule has 0 unspecified atom stereocenters. The van der Waals surface area contributed by atoms with Crippen molar-refractivity contribution in [2.45, 2.75) is 27.2 Å². The zero-order valence-corrected chi connectivity index (χ0v) is 14.0. The molecule has 2 aromatic rings. The zero-order chi connectivity index (χ0) is 16.7. The summed E-state index contributed by atoms with van der Waals surface area (Å²) in [5.41, 5.74) is 4.05. The Morgan fingerprint density at radius 1 is 1.04 bits per heavy atom.